The molecule has 0 aliphatic rings. The number of fused-ring (bicyclic) bond motifs is 1. The average Bonchev–Trinajstić information content (AvgIpc) is 2.63. The Bertz CT molecular complexity index is 987. The van der Waals surface area contributed by atoms with Crippen LogP contribution in [0.3, 0.4) is 0 Å². The van der Waals surface area contributed by atoms with E-state index < -0.39 is 0 Å². The van der Waals surface area contributed by atoms with Crippen LogP contribution in [-0.2, 0) is 4.74 Å². The molecule has 26 heavy (non-hydrogen) atoms. The molecule has 0 atom stereocenters. The minimum atomic E-state index is -0.375. The smallest absolute Gasteiger partial charge is 0.337 e. The lowest BCUT2D eigenvalue weighted by Crippen LogP contribution is -2.19. The Morgan fingerprint density at radius 3 is 2.15 bits per heavy atom. The van der Waals surface area contributed by atoms with E-state index >= 15 is 0 Å². The van der Waals surface area contributed by atoms with Gasteiger partial charge < -0.3 is 15.4 Å². The molecule has 0 aliphatic carbocycles. The summed E-state index contributed by atoms with van der Waals surface area (Å²) in [6, 6.07) is 12.6. The zero-order chi connectivity index (χ0) is 18.7. The lowest BCUT2D eigenvalue weighted by molar-refractivity contribution is 0.0601. The molecule has 2 N–H and O–H groups in total. The van der Waals surface area contributed by atoms with E-state index in [1.807, 2.05) is 32.0 Å². The van der Waals surface area contributed by atoms with Gasteiger partial charge in [-0.25, -0.2) is 14.8 Å². The standard InChI is InChI=1S/C19H18N4O2S/c1-11-12(2)21-17-10-15(8-9-16(17)20-11)23-19(26)22-14-6-4-13(5-7-14)18(24)25-3/h4-10H,1-3H3,(H2,22,23,26). The summed E-state index contributed by atoms with van der Waals surface area (Å²) in [7, 11) is 1.35. The molecular formula is C19H18N4O2S. The number of hydrogen-bond donors (Lipinski definition) is 2. The van der Waals surface area contributed by atoms with Crippen LogP contribution in [0.25, 0.3) is 11.0 Å². The first-order chi connectivity index (χ1) is 12.5. The number of thiocarbonyl (C=S) groups is 1. The molecule has 0 saturated carbocycles. The van der Waals surface area contributed by atoms with E-state index in [4.69, 9.17) is 12.2 Å². The summed E-state index contributed by atoms with van der Waals surface area (Å²) in [5.74, 6) is -0.375. The van der Waals surface area contributed by atoms with Gasteiger partial charge in [-0.2, -0.15) is 0 Å². The van der Waals surface area contributed by atoms with Crippen molar-refractivity contribution in [1.29, 1.82) is 0 Å². The maximum atomic E-state index is 11.4. The molecule has 0 saturated heterocycles. The third-order valence-electron chi connectivity index (χ3n) is 3.90. The predicted molar refractivity (Wildman–Crippen MR) is 107 cm³/mol. The summed E-state index contributed by atoms with van der Waals surface area (Å²) in [6.45, 7) is 3.88. The van der Waals surface area contributed by atoms with Crippen molar-refractivity contribution in [3.63, 3.8) is 0 Å². The first-order valence-corrected chi connectivity index (χ1v) is 8.38. The highest BCUT2D eigenvalue weighted by atomic mass is 32.1. The molecule has 0 spiro atoms. The van der Waals surface area contributed by atoms with Gasteiger partial charge in [-0.3, -0.25) is 0 Å². The highest BCUT2D eigenvalue weighted by molar-refractivity contribution is 7.80. The zero-order valence-corrected chi connectivity index (χ0v) is 15.5. The third kappa shape index (κ3) is 3.94. The number of aryl methyl sites for hydroxylation is 2. The Morgan fingerprint density at radius 2 is 1.50 bits per heavy atom. The number of ether oxygens (including phenoxy) is 1. The van der Waals surface area contributed by atoms with Crippen LogP contribution in [0.5, 0.6) is 0 Å². The summed E-state index contributed by atoms with van der Waals surface area (Å²) in [5.41, 5.74) is 5.54. The van der Waals surface area contributed by atoms with E-state index in [0.717, 1.165) is 33.8 Å². The zero-order valence-electron chi connectivity index (χ0n) is 14.7. The molecule has 2 aromatic carbocycles. The number of rotatable bonds is 3. The van der Waals surface area contributed by atoms with Crippen LogP contribution in [0.15, 0.2) is 42.5 Å². The van der Waals surface area contributed by atoms with Crippen molar-refractivity contribution in [3.8, 4) is 0 Å². The van der Waals surface area contributed by atoms with Crippen LogP contribution in [0, 0.1) is 13.8 Å². The number of nitrogens with one attached hydrogen (secondary N) is 2. The molecule has 6 nitrogen and oxygen atoms in total. The minimum absolute atomic E-state index is 0.375. The van der Waals surface area contributed by atoms with E-state index in [0.29, 0.717) is 10.7 Å². The first-order valence-electron chi connectivity index (χ1n) is 7.97. The number of methoxy groups -OCH3 is 1. The summed E-state index contributed by atoms with van der Waals surface area (Å²) < 4.78 is 4.68. The lowest BCUT2D eigenvalue weighted by Gasteiger charge is -2.11. The van der Waals surface area contributed by atoms with Crippen molar-refractivity contribution in [1.82, 2.24) is 9.97 Å². The second kappa shape index (κ2) is 7.45. The number of anilines is 2. The van der Waals surface area contributed by atoms with Crippen molar-refractivity contribution in [2.45, 2.75) is 13.8 Å². The maximum absolute atomic E-state index is 11.4. The number of carbonyl (C=O) groups is 1. The predicted octanol–water partition coefficient (Wildman–Crippen LogP) is 3.84. The molecular weight excluding hydrogens is 348 g/mol. The van der Waals surface area contributed by atoms with Crippen molar-refractivity contribution in [2.24, 2.45) is 0 Å². The maximum Gasteiger partial charge on any atom is 0.337 e. The van der Waals surface area contributed by atoms with Gasteiger partial charge in [0.2, 0.25) is 0 Å². The molecule has 0 aliphatic heterocycles. The van der Waals surface area contributed by atoms with Gasteiger partial charge in [0, 0.05) is 11.4 Å². The van der Waals surface area contributed by atoms with Gasteiger partial charge in [-0.15, -0.1) is 0 Å². The molecule has 0 unspecified atom stereocenters. The largest absolute Gasteiger partial charge is 0.465 e. The molecule has 1 aromatic heterocycles. The van der Waals surface area contributed by atoms with E-state index in [-0.39, 0.29) is 5.97 Å². The fraction of sp³-hybridized carbons (Fsp3) is 0.158. The van der Waals surface area contributed by atoms with Crippen LogP contribution < -0.4 is 10.6 Å². The van der Waals surface area contributed by atoms with Crippen LogP contribution in [0.2, 0.25) is 0 Å². The topological polar surface area (TPSA) is 76.1 Å². The molecule has 3 aromatic rings. The van der Waals surface area contributed by atoms with Crippen LogP contribution in [0.4, 0.5) is 11.4 Å². The molecule has 132 valence electrons. The Morgan fingerprint density at radius 1 is 0.923 bits per heavy atom. The van der Waals surface area contributed by atoms with Gasteiger partial charge in [0.05, 0.1) is 35.1 Å². The first kappa shape index (κ1) is 17.8. The lowest BCUT2D eigenvalue weighted by atomic mass is 10.2. The average molecular weight is 366 g/mol. The van der Waals surface area contributed by atoms with Crippen LogP contribution in [0.1, 0.15) is 21.7 Å². The Kier molecular flexibility index (Phi) is 5.09. The minimum Gasteiger partial charge on any atom is -0.465 e. The van der Waals surface area contributed by atoms with Gasteiger partial charge in [0.25, 0.3) is 0 Å². The van der Waals surface area contributed by atoms with E-state index in [1.54, 1.807) is 24.3 Å². The summed E-state index contributed by atoms with van der Waals surface area (Å²) in [5, 5.41) is 6.64. The fourth-order valence-corrected chi connectivity index (χ4v) is 2.65. The molecule has 0 bridgehead atoms. The van der Waals surface area contributed by atoms with Crippen molar-refractivity contribution >= 4 is 45.7 Å². The second-order valence-electron chi connectivity index (χ2n) is 5.75. The number of benzene rings is 2. The number of esters is 1. The monoisotopic (exact) mass is 366 g/mol. The van der Waals surface area contributed by atoms with E-state index in [1.165, 1.54) is 7.11 Å². The third-order valence-corrected chi connectivity index (χ3v) is 4.10. The van der Waals surface area contributed by atoms with Crippen molar-refractivity contribution < 1.29 is 9.53 Å². The SMILES string of the molecule is COC(=O)c1ccc(NC(=S)Nc2ccc3nc(C)c(C)nc3c2)cc1. The molecule has 0 amide bonds. The Labute approximate surface area is 156 Å². The normalized spacial score (nSPS) is 10.4. The van der Waals surface area contributed by atoms with Gasteiger partial charge in [-0.05, 0) is 68.5 Å². The molecule has 0 fully saturated rings. The number of nitrogens with zero attached hydrogens (tertiary/aromatic N) is 2. The highest BCUT2D eigenvalue weighted by Gasteiger charge is 2.06. The molecule has 3 rings (SSSR count). The summed E-state index contributed by atoms with van der Waals surface area (Å²) in [4.78, 5) is 20.5. The van der Waals surface area contributed by atoms with Gasteiger partial charge in [-0.1, -0.05) is 0 Å². The van der Waals surface area contributed by atoms with Gasteiger partial charge in [0.15, 0.2) is 5.11 Å². The summed E-state index contributed by atoms with van der Waals surface area (Å²) in [6.07, 6.45) is 0. The van der Waals surface area contributed by atoms with Crippen LogP contribution >= 0.6 is 12.2 Å². The quantitative estimate of drug-likeness (QED) is 0.539. The van der Waals surface area contributed by atoms with Crippen molar-refractivity contribution in [2.75, 3.05) is 17.7 Å². The molecule has 0 radical (unpaired) electrons. The Balaban J connectivity index is 1.70. The number of aromatic nitrogens is 2. The van der Waals surface area contributed by atoms with Crippen molar-refractivity contribution in [3.05, 3.63) is 59.4 Å². The van der Waals surface area contributed by atoms with Gasteiger partial charge >= 0.3 is 5.97 Å². The van der Waals surface area contributed by atoms with E-state index in [9.17, 15) is 4.79 Å². The second-order valence-corrected chi connectivity index (χ2v) is 6.15. The van der Waals surface area contributed by atoms with Gasteiger partial charge in [0.1, 0.15) is 0 Å². The number of hydrogen-bond acceptors (Lipinski definition) is 5. The highest BCUT2D eigenvalue weighted by Crippen LogP contribution is 2.18. The summed E-state index contributed by atoms with van der Waals surface area (Å²) >= 11 is 5.34. The molecule has 7 heteroatoms. The molecule has 1 heterocycles. The van der Waals surface area contributed by atoms with Crippen LogP contribution in [-0.4, -0.2) is 28.2 Å². The number of carbonyl (C=O) groups excluding carboxylic acids is 1. The van der Waals surface area contributed by atoms with E-state index in [2.05, 4.69) is 25.3 Å². The Hall–Kier alpha value is -3.06. The fourth-order valence-electron chi connectivity index (χ4n) is 2.41.